The molecule has 0 bridgehead atoms. The third-order valence-electron chi connectivity index (χ3n) is 9.75. The number of ketones is 1. The number of aliphatic hydroxyl groups is 1. The average molecular weight is 452 g/mol. The van der Waals surface area contributed by atoms with Gasteiger partial charge in [0.05, 0.1) is 18.8 Å². The van der Waals surface area contributed by atoms with Crippen LogP contribution in [0.3, 0.4) is 0 Å². The van der Waals surface area contributed by atoms with Crippen molar-refractivity contribution in [3.8, 4) is 0 Å². The van der Waals surface area contributed by atoms with Gasteiger partial charge in [-0.05, 0) is 67.2 Å². The first-order valence-corrected chi connectivity index (χ1v) is 12.8. The van der Waals surface area contributed by atoms with Gasteiger partial charge < -0.3 is 19.5 Å². The van der Waals surface area contributed by atoms with E-state index in [1.807, 2.05) is 0 Å². The first-order chi connectivity index (χ1) is 15.7. The first kappa shape index (κ1) is 21.8. The molecule has 5 atom stereocenters. The number of fused-ring (bicyclic) bond motifs is 4. The summed E-state index contributed by atoms with van der Waals surface area (Å²) in [6, 6.07) is 8.86. The smallest absolute Gasteiger partial charge is 0.171 e. The molecule has 4 fully saturated rings. The Bertz CT molecular complexity index is 992. The fourth-order valence-corrected chi connectivity index (χ4v) is 8.09. The van der Waals surface area contributed by atoms with Crippen molar-refractivity contribution in [1.82, 2.24) is 0 Å². The number of anilines is 1. The predicted octanol–water partition coefficient (Wildman–Crippen LogP) is 4.59. The number of ether oxygens (including phenoxy) is 2. The molecule has 0 radical (unpaired) electrons. The highest BCUT2D eigenvalue weighted by Gasteiger charge is 2.60. The molecular weight excluding hydrogens is 414 g/mol. The zero-order valence-corrected chi connectivity index (χ0v) is 20.2. The fourth-order valence-electron chi connectivity index (χ4n) is 8.09. The van der Waals surface area contributed by atoms with Crippen molar-refractivity contribution in [2.75, 3.05) is 32.2 Å². The molecule has 178 valence electrons. The summed E-state index contributed by atoms with van der Waals surface area (Å²) in [4.78, 5) is 15.3. The summed E-state index contributed by atoms with van der Waals surface area (Å²) >= 11 is 0. The van der Waals surface area contributed by atoms with E-state index in [-0.39, 0.29) is 11.3 Å². The van der Waals surface area contributed by atoms with E-state index in [1.54, 1.807) is 0 Å². The monoisotopic (exact) mass is 451 g/mol. The topological polar surface area (TPSA) is 59.0 Å². The van der Waals surface area contributed by atoms with Gasteiger partial charge in [0.25, 0.3) is 0 Å². The summed E-state index contributed by atoms with van der Waals surface area (Å²) in [7, 11) is 4.12. The molecule has 33 heavy (non-hydrogen) atoms. The zero-order chi connectivity index (χ0) is 23.0. The molecule has 6 rings (SSSR count). The van der Waals surface area contributed by atoms with Crippen molar-refractivity contribution < 1.29 is 19.4 Å². The van der Waals surface area contributed by atoms with Crippen LogP contribution in [-0.2, 0) is 14.3 Å². The standard InChI is InChI=1S/C28H37NO4/c1-26-16-21(18-4-6-19(7-5-18)29(2)3)25-20(22(26)8-9-24(26)30)10-12-27(31)17-28(13-11-23(25)27)32-14-15-33-28/h4-7,20-22,31H,8-17H2,1-3H3/t20-,21+,22+,26-,27-/m0/s1. The van der Waals surface area contributed by atoms with Gasteiger partial charge in [0.1, 0.15) is 5.78 Å². The first-order valence-electron chi connectivity index (χ1n) is 12.8. The molecule has 1 spiro atoms. The number of rotatable bonds is 2. The third-order valence-corrected chi connectivity index (χ3v) is 9.75. The lowest BCUT2D eigenvalue weighted by Crippen LogP contribution is -2.53. The largest absolute Gasteiger partial charge is 0.385 e. The van der Waals surface area contributed by atoms with Crippen molar-refractivity contribution >= 4 is 11.5 Å². The number of nitrogens with zero attached hydrogens (tertiary/aromatic N) is 1. The summed E-state index contributed by atoms with van der Waals surface area (Å²) in [6.07, 6.45) is 6.45. The highest BCUT2D eigenvalue weighted by atomic mass is 16.7. The minimum Gasteiger partial charge on any atom is -0.385 e. The Labute approximate surface area is 197 Å². The van der Waals surface area contributed by atoms with Gasteiger partial charge in [-0.15, -0.1) is 0 Å². The second kappa shape index (κ2) is 7.40. The third kappa shape index (κ3) is 3.19. The quantitative estimate of drug-likeness (QED) is 0.667. The molecule has 1 saturated heterocycles. The van der Waals surface area contributed by atoms with Crippen LogP contribution in [0.2, 0.25) is 0 Å². The Morgan fingerprint density at radius 1 is 1.03 bits per heavy atom. The lowest BCUT2D eigenvalue weighted by molar-refractivity contribution is -0.208. The fraction of sp³-hybridized carbons (Fsp3) is 0.679. The molecule has 1 aliphatic heterocycles. The second-order valence-electron chi connectivity index (χ2n) is 11.6. The number of carbonyl (C=O) groups excluding carboxylic acids is 1. The molecule has 5 aliphatic rings. The Morgan fingerprint density at radius 2 is 1.76 bits per heavy atom. The highest BCUT2D eigenvalue weighted by Crippen LogP contribution is 2.64. The highest BCUT2D eigenvalue weighted by molar-refractivity contribution is 5.87. The molecule has 1 N–H and O–H groups in total. The molecule has 0 aromatic heterocycles. The summed E-state index contributed by atoms with van der Waals surface area (Å²) in [5.41, 5.74) is 4.05. The minimum atomic E-state index is -0.855. The summed E-state index contributed by atoms with van der Waals surface area (Å²) in [6.45, 7) is 3.47. The molecule has 3 saturated carbocycles. The van der Waals surface area contributed by atoms with E-state index in [2.05, 4.69) is 50.2 Å². The molecule has 1 aromatic rings. The molecule has 5 nitrogen and oxygen atoms in total. The van der Waals surface area contributed by atoms with Crippen molar-refractivity contribution in [3.63, 3.8) is 0 Å². The van der Waals surface area contributed by atoms with Crippen LogP contribution in [0.4, 0.5) is 5.69 Å². The van der Waals surface area contributed by atoms with E-state index >= 15 is 0 Å². The molecule has 4 aliphatic carbocycles. The Morgan fingerprint density at radius 3 is 2.45 bits per heavy atom. The van der Waals surface area contributed by atoms with E-state index in [4.69, 9.17) is 9.47 Å². The lowest BCUT2D eigenvalue weighted by Gasteiger charge is -2.55. The number of Topliss-reactive ketones (excluding diaryl/α,β-unsaturated/α-hetero) is 1. The maximum atomic E-state index is 13.1. The van der Waals surface area contributed by atoms with Crippen LogP contribution in [0.1, 0.15) is 69.8 Å². The molecule has 0 amide bonds. The van der Waals surface area contributed by atoms with Crippen LogP contribution in [0.15, 0.2) is 35.4 Å². The van der Waals surface area contributed by atoms with E-state index < -0.39 is 11.4 Å². The number of allylic oxidation sites excluding steroid dienone is 1. The van der Waals surface area contributed by atoms with Gasteiger partial charge in [-0.25, -0.2) is 0 Å². The Hall–Kier alpha value is -1.69. The Balaban J connectivity index is 1.46. The summed E-state index contributed by atoms with van der Waals surface area (Å²) in [5, 5.41) is 12.0. The van der Waals surface area contributed by atoms with Crippen LogP contribution in [0.5, 0.6) is 0 Å². The van der Waals surface area contributed by atoms with Crippen LogP contribution in [-0.4, -0.2) is 49.6 Å². The van der Waals surface area contributed by atoms with Gasteiger partial charge in [-0.1, -0.05) is 24.6 Å². The van der Waals surface area contributed by atoms with Gasteiger partial charge in [0, 0.05) is 50.4 Å². The zero-order valence-electron chi connectivity index (χ0n) is 20.2. The molecular formula is C28H37NO4. The Kier molecular flexibility index (Phi) is 4.89. The maximum Gasteiger partial charge on any atom is 0.171 e. The van der Waals surface area contributed by atoms with Gasteiger partial charge in [0.2, 0.25) is 0 Å². The average Bonchev–Trinajstić information content (AvgIpc) is 3.36. The van der Waals surface area contributed by atoms with Crippen LogP contribution in [0.25, 0.3) is 0 Å². The molecule has 5 heteroatoms. The van der Waals surface area contributed by atoms with Crippen molar-refractivity contribution in [2.24, 2.45) is 17.3 Å². The van der Waals surface area contributed by atoms with Crippen molar-refractivity contribution in [3.05, 3.63) is 41.0 Å². The molecule has 1 heterocycles. The number of benzene rings is 1. The lowest BCUT2D eigenvalue weighted by atomic mass is 9.51. The van der Waals surface area contributed by atoms with Gasteiger partial charge in [0.15, 0.2) is 5.79 Å². The minimum absolute atomic E-state index is 0.191. The second-order valence-corrected chi connectivity index (χ2v) is 11.6. The summed E-state index contributed by atoms with van der Waals surface area (Å²) < 4.78 is 12.0. The van der Waals surface area contributed by atoms with E-state index in [1.165, 1.54) is 22.4 Å². The van der Waals surface area contributed by atoms with Gasteiger partial charge in [-0.2, -0.15) is 0 Å². The molecule has 1 aromatic carbocycles. The number of carbonyl (C=O) groups is 1. The number of hydrogen-bond acceptors (Lipinski definition) is 5. The van der Waals surface area contributed by atoms with E-state index in [9.17, 15) is 9.90 Å². The maximum absolute atomic E-state index is 13.1. The van der Waals surface area contributed by atoms with Crippen molar-refractivity contribution in [2.45, 2.75) is 75.6 Å². The predicted molar refractivity (Wildman–Crippen MR) is 127 cm³/mol. The normalized spacial score (nSPS) is 39.4. The van der Waals surface area contributed by atoms with Crippen molar-refractivity contribution in [1.29, 1.82) is 0 Å². The summed E-state index contributed by atoms with van der Waals surface area (Å²) in [5.74, 6) is 0.826. The van der Waals surface area contributed by atoms with Crippen LogP contribution in [0, 0.1) is 17.3 Å². The number of hydrogen-bond donors (Lipinski definition) is 1. The van der Waals surface area contributed by atoms with Gasteiger partial charge in [-0.3, -0.25) is 4.79 Å². The van der Waals surface area contributed by atoms with E-state index in [0.29, 0.717) is 43.7 Å². The SMILES string of the molecule is CN(C)c1ccc([C@H]2C[C@]3(C)C(=O)CC[C@@H]3[C@@H]3CC[C@]4(O)CC5(CCC4=C32)OCCO5)cc1. The van der Waals surface area contributed by atoms with E-state index in [0.717, 1.165) is 38.5 Å². The van der Waals surface area contributed by atoms with Gasteiger partial charge >= 0.3 is 0 Å². The van der Waals surface area contributed by atoms with Crippen LogP contribution >= 0.6 is 0 Å². The molecule has 0 unspecified atom stereocenters. The van der Waals surface area contributed by atoms with Crippen LogP contribution < -0.4 is 4.90 Å².